The topological polar surface area (TPSA) is 96.6 Å². The van der Waals surface area contributed by atoms with Crippen LogP contribution in [-0.4, -0.2) is 23.6 Å². The average Bonchev–Trinajstić information content (AvgIpc) is 2.71. The number of anilines is 1. The van der Waals surface area contributed by atoms with E-state index in [4.69, 9.17) is 5.84 Å². The molecule has 1 atom stereocenters. The minimum atomic E-state index is -1.23. The van der Waals surface area contributed by atoms with Crippen molar-refractivity contribution in [1.82, 2.24) is 5.43 Å². The third-order valence-electron chi connectivity index (χ3n) is 3.38. The Morgan fingerprint density at radius 1 is 1.09 bits per heavy atom. The van der Waals surface area contributed by atoms with Gasteiger partial charge in [-0.1, -0.05) is 48.5 Å². The Morgan fingerprint density at radius 2 is 1.77 bits per heavy atom. The Morgan fingerprint density at radius 3 is 2.50 bits per heavy atom. The van der Waals surface area contributed by atoms with Gasteiger partial charge in [0.05, 0.1) is 11.4 Å². The fraction of sp³-hybridized carbons (Fsp3) is 0.0625. The van der Waals surface area contributed by atoms with E-state index in [0.717, 1.165) is 11.1 Å². The zero-order chi connectivity index (χ0) is 15.5. The van der Waals surface area contributed by atoms with Crippen LogP contribution in [0.15, 0.2) is 59.6 Å². The van der Waals surface area contributed by atoms with Gasteiger partial charge in [0, 0.05) is 11.1 Å². The number of benzodiazepines with no additional fused rings is 1. The first kappa shape index (κ1) is 14.0. The van der Waals surface area contributed by atoms with Crippen molar-refractivity contribution in [1.29, 1.82) is 0 Å². The number of nitrogens with one attached hydrogen (secondary N) is 2. The summed E-state index contributed by atoms with van der Waals surface area (Å²) in [7, 11) is 0. The Bertz CT molecular complexity index is 756. The summed E-state index contributed by atoms with van der Waals surface area (Å²) >= 11 is 0. The van der Waals surface area contributed by atoms with E-state index in [1.807, 2.05) is 54.0 Å². The van der Waals surface area contributed by atoms with Crippen LogP contribution in [0, 0.1) is 0 Å². The van der Waals surface area contributed by atoms with Crippen LogP contribution in [-0.2, 0) is 9.59 Å². The maximum Gasteiger partial charge on any atom is 0.268 e. The van der Waals surface area contributed by atoms with E-state index >= 15 is 0 Å². The monoisotopic (exact) mass is 294 g/mol. The van der Waals surface area contributed by atoms with Gasteiger partial charge in [-0.2, -0.15) is 0 Å². The summed E-state index contributed by atoms with van der Waals surface area (Å²) in [6.45, 7) is 0. The normalized spacial score (nSPS) is 16.9. The van der Waals surface area contributed by atoms with Gasteiger partial charge in [0.2, 0.25) is 6.04 Å². The minimum Gasteiger partial charge on any atom is -0.323 e. The molecule has 4 N–H and O–H groups in total. The van der Waals surface area contributed by atoms with Crippen LogP contribution in [0.4, 0.5) is 5.69 Å². The van der Waals surface area contributed by atoms with Crippen LogP contribution in [0.25, 0.3) is 0 Å². The first-order chi connectivity index (χ1) is 10.7. The predicted molar refractivity (Wildman–Crippen MR) is 83.3 cm³/mol. The quantitative estimate of drug-likeness (QED) is 0.331. The number of hydrogen-bond acceptors (Lipinski definition) is 4. The molecule has 0 aromatic heterocycles. The molecule has 22 heavy (non-hydrogen) atoms. The number of carbonyl (C=O) groups excluding carboxylic acids is 2. The third kappa shape index (κ3) is 2.47. The first-order valence-corrected chi connectivity index (χ1v) is 6.74. The molecule has 2 aromatic rings. The summed E-state index contributed by atoms with van der Waals surface area (Å²) in [4.78, 5) is 28.4. The highest BCUT2D eigenvalue weighted by molar-refractivity contribution is 6.23. The molecule has 1 aliphatic heterocycles. The average molecular weight is 294 g/mol. The summed E-state index contributed by atoms with van der Waals surface area (Å²) in [5.74, 6) is 3.99. The number of rotatable bonds is 2. The van der Waals surface area contributed by atoms with Gasteiger partial charge < -0.3 is 5.32 Å². The second kappa shape index (κ2) is 5.79. The van der Waals surface area contributed by atoms with Gasteiger partial charge in [0.1, 0.15) is 0 Å². The fourth-order valence-electron chi connectivity index (χ4n) is 2.34. The number of para-hydroxylation sites is 1. The number of benzene rings is 2. The van der Waals surface area contributed by atoms with Gasteiger partial charge in [-0.05, 0) is 6.07 Å². The van der Waals surface area contributed by atoms with Gasteiger partial charge in [-0.3, -0.25) is 20.0 Å². The molecule has 0 saturated carbocycles. The van der Waals surface area contributed by atoms with E-state index in [2.05, 4.69) is 10.3 Å². The molecule has 0 aliphatic carbocycles. The van der Waals surface area contributed by atoms with Gasteiger partial charge in [0.25, 0.3) is 11.8 Å². The zero-order valence-corrected chi connectivity index (χ0v) is 11.6. The van der Waals surface area contributed by atoms with Gasteiger partial charge in [0.15, 0.2) is 0 Å². The molecular formula is C16H14N4O2. The lowest BCUT2D eigenvalue weighted by atomic mass is 10.0. The maximum atomic E-state index is 12.2. The summed E-state index contributed by atoms with van der Waals surface area (Å²) < 4.78 is 0. The third-order valence-corrected chi connectivity index (χ3v) is 3.38. The molecule has 1 heterocycles. The van der Waals surface area contributed by atoms with Crippen molar-refractivity contribution < 1.29 is 9.59 Å². The molecule has 1 aliphatic rings. The van der Waals surface area contributed by atoms with Gasteiger partial charge >= 0.3 is 0 Å². The van der Waals surface area contributed by atoms with Crippen molar-refractivity contribution in [3.63, 3.8) is 0 Å². The van der Waals surface area contributed by atoms with Crippen LogP contribution in [0.5, 0.6) is 0 Å². The lowest BCUT2D eigenvalue weighted by Gasteiger charge is -2.09. The predicted octanol–water partition coefficient (Wildman–Crippen LogP) is 0.835. The molecular weight excluding hydrogens is 280 g/mol. The van der Waals surface area contributed by atoms with Crippen LogP contribution in [0.1, 0.15) is 11.1 Å². The van der Waals surface area contributed by atoms with Crippen molar-refractivity contribution in [2.45, 2.75) is 6.04 Å². The molecule has 0 fully saturated rings. The van der Waals surface area contributed by atoms with Crippen molar-refractivity contribution in [2.24, 2.45) is 10.8 Å². The Kier molecular flexibility index (Phi) is 3.67. The molecule has 2 aromatic carbocycles. The molecule has 6 nitrogen and oxygen atoms in total. The molecule has 6 heteroatoms. The standard InChI is InChI=1S/C16H14N4O2/c17-20-16(22)14-15(21)18-12-9-5-4-8-11(12)13(19-14)10-6-2-1-3-7-10/h1-9,14H,17H2,(H,18,21)(H,20,22)/t14-/m1/s1. The number of carbonyl (C=O) groups is 2. The van der Waals surface area contributed by atoms with Crippen LogP contribution in [0.2, 0.25) is 0 Å². The SMILES string of the molecule is NNC(=O)[C@@H]1N=C(c2ccccc2)c2ccccc2NC1=O. The molecule has 0 spiro atoms. The molecule has 110 valence electrons. The van der Waals surface area contributed by atoms with Gasteiger partial charge in [-0.15, -0.1) is 0 Å². The lowest BCUT2D eigenvalue weighted by Crippen LogP contribution is -2.44. The van der Waals surface area contributed by atoms with E-state index in [-0.39, 0.29) is 0 Å². The molecule has 0 bridgehead atoms. The van der Waals surface area contributed by atoms with Crippen molar-refractivity contribution in [2.75, 3.05) is 5.32 Å². The van der Waals surface area contributed by atoms with Crippen LogP contribution < -0.4 is 16.6 Å². The van der Waals surface area contributed by atoms with E-state index in [9.17, 15) is 9.59 Å². The highest BCUT2D eigenvalue weighted by Crippen LogP contribution is 2.24. The maximum absolute atomic E-state index is 12.2. The fourth-order valence-corrected chi connectivity index (χ4v) is 2.34. The van der Waals surface area contributed by atoms with E-state index in [1.54, 1.807) is 6.07 Å². The largest absolute Gasteiger partial charge is 0.323 e. The number of hydrazine groups is 1. The second-order valence-electron chi connectivity index (χ2n) is 4.79. The number of nitrogens with zero attached hydrogens (tertiary/aromatic N) is 1. The Hall–Kier alpha value is -2.99. The smallest absolute Gasteiger partial charge is 0.268 e. The number of nitrogens with two attached hydrogens (primary N) is 1. The summed E-state index contributed by atoms with van der Waals surface area (Å²) in [6.07, 6.45) is 0. The number of aliphatic imine (C=N–C) groups is 1. The van der Waals surface area contributed by atoms with Crippen LogP contribution in [0.3, 0.4) is 0 Å². The summed E-state index contributed by atoms with van der Waals surface area (Å²) in [5.41, 5.74) is 4.75. The Labute approximate surface area is 127 Å². The van der Waals surface area contributed by atoms with Crippen LogP contribution >= 0.6 is 0 Å². The molecule has 3 rings (SSSR count). The van der Waals surface area contributed by atoms with Crippen molar-refractivity contribution in [3.8, 4) is 0 Å². The second-order valence-corrected chi connectivity index (χ2v) is 4.79. The molecule has 2 amide bonds. The Balaban J connectivity index is 2.20. The number of fused-ring (bicyclic) bond motifs is 1. The van der Waals surface area contributed by atoms with Crippen molar-refractivity contribution in [3.05, 3.63) is 65.7 Å². The highest BCUT2D eigenvalue weighted by Gasteiger charge is 2.30. The number of hydrogen-bond donors (Lipinski definition) is 3. The summed E-state index contributed by atoms with van der Waals surface area (Å²) in [5, 5.41) is 2.72. The van der Waals surface area contributed by atoms with E-state index < -0.39 is 17.9 Å². The van der Waals surface area contributed by atoms with Crippen molar-refractivity contribution >= 4 is 23.2 Å². The molecule has 0 unspecified atom stereocenters. The summed E-state index contributed by atoms with van der Waals surface area (Å²) in [6, 6.07) is 15.5. The van der Waals surface area contributed by atoms with Gasteiger partial charge in [-0.25, -0.2) is 5.84 Å². The molecule has 0 radical (unpaired) electrons. The first-order valence-electron chi connectivity index (χ1n) is 6.74. The van der Waals surface area contributed by atoms with E-state index in [1.165, 1.54) is 0 Å². The molecule has 0 saturated heterocycles. The van der Waals surface area contributed by atoms with E-state index in [0.29, 0.717) is 11.4 Å². The number of amides is 2. The highest BCUT2D eigenvalue weighted by atomic mass is 16.2. The zero-order valence-electron chi connectivity index (χ0n) is 11.6. The minimum absolute atomic E-state index is 0.513. The lowest BCUT2D eigenvalue weighted by molar-refractivity contribution is -0.128.